The predicted molar refractivity (Wildman–Crippen MR) is 86.4 cm³/mol. The highest BCUT2D eigenvalue weighted by atomic mass is 16.5. The van der Waals surface area contributed by atoms with Gasteiger partial charge in [-0.1, -0.05) is 32.9 Å². The summed E-state index contributed by atoms with van der Waals surface area (Å²) >= 11 is 0. The van der Waals surface area contributed by atoms with E-state index in [0.717, 1.165) is 22.4 Å². The number of amides is 1. The second kappa shape index (κ2) is 6.48. The summed E-state index contributed by atoms with van der Waals surface area (Å²) in [5, 5.41) is 0. The van der Waals surface area contributed by atoms with Crippen molar-refractivity contribution in [2.75, 3.05) is 14.2 Å². The Kier molecular flexibility index (Phi) is 5.40. The van der Waals surface area contributed by atoms with E-state index in [1.807, 2.05) is 34.6 Å². The fourth-order valence-corrected chi connectivity index (χ4v) is 2.41. The molecule has 4 nitrogen and oxygen atoms in total. The molecule has 0 saturated carbocycles. The highest BCUT2D eigenvalue weighted by molar-refractivity contribution is 5.82. The zero-order chi connectivity index (χ0) is 16.4. The van der Waals surface area contributed by atoms with Crippen molar-refractivity contribution in [1.29, 1.82) is 0 Å². The Morgan fingerprint density at radius 2 is 1.76 bits per heavy atom. The van der Waals surface area contributed by atoms with E-state index in [0.29, 0.717) is 6.54 Å². The van der Waals surface area contributed by atoms with E-state index in [9.17, 15) is 4.79 Å². The van der Waals surface area contributed by atoms with Gasteiger partial charge in [-0.3, -0.25) is 4.79 Å². The molecule has 1 rings (SSSR count). The molecule has 0 unspecified atom stereocenters. The van der Waals surface area contributed by atoms with Crippen LogP contribution >= 0.6 is 0 Å². The summed E-state index contributed by atoms with van der Waals surface area (Å²) in [6.45, 7) is 10.5. The van der Waals surface area contributed by atoms with E-state index in [1.54, 1.807) is 19.1 Å². The third-order valence-corrected chi connectivity index (χ3v) is 3.72. The number of carbonyl (C=O) groups excluding carboxylic acids is 1. The van der Waals surface area contributed by atoms with Crippen LogP contribution in [0.3, 0.4) is 0 Å². The molecule has 0 aliphatic carbocycles. The number of aryl methyl sites for hydroxylation is 2. The van der Waals surface area contributed by atoms with Crippen molar-refractivity contribution in [1.82, 2.24) is 4.90 Å². The highest BCUT2D eigenvalue weighted by Gasteiger charge is 2.29. The third kappa shape index (κ3) is 4.21. The monoisotopic (exact) mass is 292 g/mol. The maximum Gasteiger partial charge on any atom is 0.240 e. The van der Waals surface area contributed by atoms with Crippen molar-refractivity contribution in [3.05, 3.63) is 28.8 Å². The van der Waals surface area contributed by atoms with E-state index < -0.39 is 6.04 Å². The van der Waals surface area contributed by atoms with Gasteiger partial charge in [-0.15, -0.1) is 0 Å². The van der Waals surface area contributed by atoms with E-state index in [-0.39, 0.29) is 11.3 Å². The molecule has 21 heavy (non-hydrogen) atoms. The molecule has 0 aliphatic rings. The number of carbonyl (C=O) groups is 1. The van der Waals surface area contributed by atoms with Crippen LogP contribution in [0.25, 0.3) is 0 Å². The average Bonchev–Trinajstić information content (AvgIpc) is 2.35. The van der Waals surface area contributed by atoms with Crippen LogP contribution in [0.2, 0.25) is 0 Å². The van der Waals surface area contributed by atoms with Gasteiger partial charge in [0.1, 0.15) is 5.75 Å². The first-order valence-corrected chi connectivity index (χ1v) is 7.22. The number of methoxy groups -OCH3 is 1. The number of ether oxygens (including phenoxy) is 1. The number of nitrogens with two attached hydrogens (primary N) is 1. The molecule has 1 aromatic rings. The Hall–Kier alpha value is -1.55. The Balaban J connectivity index is 2.89. The summed E-state index contributed by atoms with van der Waals surface area (Å²) < 4.78 is 5.37. The number of hydrogen-bond acceptors (Lipinski definition) is 3. The second-order valence-corrected chi connectivity index (χ2v) is 6.80. The minimum absolute atomic E-state index is 0.0337. The predicted octanol–water partition coefficient (Wildman–Crippen LogP) is 2.64. The molecule has 1 atom stereocenters. The lowest BCUT2D eigenvalue weighted by Gasteiger charge is -2.30. The Bertz CT molecular complexity index is 495. The van der Waals surface area contributed by atoms with Crippen LogP contribution in [0, 0.1) is 19.3 Å². The van der Waals surface area contributed by atoms with Gasteiger partial charge in [-0.2, -0.15) is 0 Å². The molecule has 0 aliphatic heterocycles. The van der Waals surface area contributed by atoms with E-state index in [2.05, 4.69) is 12.1 Å². The highest BCUT2D eigenvalue weighted by Crippen LogP contribution is 2.25. The maximum atomic E-state index is 12.4. The van der Waals surface area contributed by atoms with Gasteiger partial charge in [0.2, 0.25) is 5.91 Å². The topological polar surface area (TPSA) is 55.6 Å². The third-order valence-electron chi connectivity index (χ3n) is 3.72. The SMILES string of the molecule is COc1c(C)cc(CN(C)C(=O)[C@@H](N)C(C)(C)C)cc1C. The van der Waals surface area contributed by atoms with Crippen molar-refractivity contribution in [3.8, 4) is 5.75 Å². The number of nitrogens with zero attached hydrogens (tertiary/aromatic N) is 1. The van der Waals surface area contributed by atoms with Crippen molar-refractivity contribution in [2.45, 2.75) is 47.2 Å². The zero-order valence-corrected chi connectivity index (χ0v) is 14.3. The van der Waals surface area contributed by atoms with Gasteiger partial charge in [0.15, 0.2) is 0 Å². The fraction of sp³-hybridized carbons (Fsp3) is 0.588. The summed E-state index contributed by atoms with van der Waals surface area (Å²) in [5.74, 6) is 0.868. The molecule has 4 heteroatoms. The maximum absolute atomic E-state index is 12.4. The lowest BCUT2D eigenvalue weighted by molar-refractivity contribution is -0.134. The first kappa shape index (κ1) is 17.5. The van der Waals surface area contributed by atoms with Crippen LogP contribution in [0.1, 0.15) is 37.5 Å². The van der Waals surface area contributed by atoms with Crippen LogP contribution in [0.15, 0.2) is 12.1 Å². The summed E-state index contributed by atoms with van der Waals surface area (Å²) in [6.07, 6.45) is 0. The van der Waals surface area contributed by atoms with Crippen molar-refractivity contribution >= 4 is 5.91 Å². The number of likely N-dealkylation sites (N-methyl/N-ethyl adjacent to an activating group) is 1. The Morgan fingerprint density at radius 1 is 1.29 bits per heavy atom. The van der Waals surface area contributed by atoms with Gasteiger partial charge in [0.25, 0.3) is 0 Å². The van der Waals surface area contributed by atoms with Crippen LogP contribution in [0.4, 0.5) is 0 Å². The second-order valence-electron chi connectivity index (χ2n) is 6.80. The van der Waals surface area contributed by atoms with E-state index >= 15 is 0 Å². The smallest absolute Gasteiger partial charge is 0.240 e. The van der Waals surface area contributed by atoms with Crippen LogP contribution in [-0.4, -0.2) is 31.0 Å². The molecule has 0 spiro atoms. The van der Waals surface area contributed by atoms with Gasteiger partial charge in [-0.25, -0.2) is 0 Å². The minimum atomic E-state index is -0.497. The van der Waals surface area contributed by atoms with Crippen LogP contribution in [-0.2, 0) is 11.3 Å². The molecular formula is C17H28N2O2. The molecule has 1 amide bonds. The Labute approximate surface area is 128 Å². The zero-order valence-electron chi connectivity index (χ0n) is 14.3. The molecular weight excluding hydrogens is 264 g/mol. The Morgan fingerprint density at radius 3 is 2.14 bits per heavy atom. The molecule has 0 radical (unpaired) electrons. The standard InChI is InChI=1S/C17H28N2O2/c1-11-8-13(9-12(2)14(11)21-7)10-19(6)16(20)15(18)17(3,4)5/h8-9,15H,10,18H2,1-7H3/t15-/m1/s1. The molecule has 0 heterocycles. The van der Waals surface area contributed by atoms with Gasteiger partial charge in [0, 0.05) is 13.6 Å². The van der Waals surface area contributed by atoms with Crippen LogP contribution < -0.4 is 10.5 Å². The van der Waals surface area contributed by atoms with Crippen molar-refractivity contribution in [3.63, 3.8) is 0 Å². The molecule has 0 aromatic heterocycles. The first-order chi connectivity index (χ1) is 9.57. The van der Waals surface area contributed by atoms with Gasteiger partial charge >= 0.3 is 0 Å². The largest absolute Gasteiger partial charge is 0.496 e. The number of hydrogen-bond donors (Lipinski definition) is 1. The summed E-state index contributed by atoms with van der Waals surface area (Å²) in [6, 6.07) is 3.61. The molecule has 0 saturated heterocycles. The van der Waals surface area contributed by atoms with E-state index in [1.165, 1.54) is 0 Å². The number of benzene rings is 1. The molecule has 118 valence electrons. The summed E-state index contributed by atoms with van der Waals surface area (Å²) in [4.78, 5) is 14.1. The summed E-state index contributed by atoms with van der Waals surface area (Å²) in [7, 11) is 3.47. The van der Waals surface area contributed by atoms with Gasteiger partial charge < -0.3 is 15.4 Å². The summed E-state index contributed by atoms with van der Waals surface area (Å²) in [5.41, 5.74) is 9.04. The van der Waals surface area contributed by atoms with Crippen molar-refractivity contribution in [2.24, 2.45) is 11.1 Å². The molecule has 0 bridgehead atoms. The van der Waals surface area contributed by atoms with E-state index in [4.69, 9.17) is 10.5 Å². The molecule has 0 fully saturated rings. The van der Waals surface area contributed by atoms with Gasteiger partial charge in [-0.05, 0) is 36.0 Å². The first-order valence-electron chi connectivity index (χ1n) is 7.22. The molecule has 1 aromatic carbocycles. The average molecular weight is 292 g/mol. The minimum Gasteiger partial charge on any atom is -0.496 e. The fourth-order valence-electron chi connectivity index (χ4n) is 2.41. The lowest BCUT2D eigenvalue weighted by Crippen LogP contribution is -2.48. The lowest BCUT2D eigenvalue weighted by atomic mass is 9.86. The van der Waals surface area contributed by atoms with Crippen LogP contribution in [0.5, 0.6) is 5.75 Å². The normalized spacial score (nSPS) is 13.0. The van der Waals surface area contributed by atoms with Gasteiger partial charge in [0.05, 0.1) is 13.2 Å². The quantitative estimate of drug-likeness (QED) is 0.928. The number of rotatable bonds is 4. The molecule has 2 N–H and O–H groups in total. The van der Waals surface area contributed by atoms with Crippen molar-refractivity contribution < 1.29 is 9.53 Å².